The van der Waals surface area contributed by atoms with Crippen molar-refractivity contribution in [3.63, 3.8) is 0 Å². The fraction of sp³-hybridized carbons (Fsp3) is 0.438. The van der Waals surface area contributed by atoms with Gasteiger partial charge in [0.2, 0.25) is 5.91 Å². The summed E-state index contributed by atoms with van der Waals surface area (Å²) in [4.78, 5) is 11.9. The van der Waals surface area contributed by atoms with Gasteiger partial charge in [0, 0.05) is 12.0 Å². The number of hydrogen-bond acceptors (Lipinski definition) is 2. The molecule has 0 fully saturated rings. The zero-order valence-electron chi connectivity index (χ0n) is 11.9. The van der Waals surface area contributed by atoms with E-state index in [9.17, 15) is 4.79 Å². The lowest BCUT2D eigenvalue weighted by atomic mass is 10.0. The van der Waals surface area contributed by atoms with Gasteiger partial charge in [-0.1, -0.05) is 38.2 Å². The monoisotopic (exact) mass is 258 g/mol. The van der Waals surface area contributed by atoms with E-state index in [2.05, 4.69) is 31.0 Å². The van der Waals surface area contributed by atoms with Crippen LogP contribution in [0.2, 0.25) is 0 Å². The predicted molar refractivity (Wildman–Crippen MR) is 79.8 cm³/mol. The Morgan fingerprint density at radius 2 is 2.21 bits per heavy atom. The molecule has 19 heavy (non-hydrogen) atoms. The van der Waals surface area contributed by atoms with Gasteiger partial charge in [-0.3, -0.25) is 4.79 Å². The van der Waals surface area contributed by atoms with Gasteiger partial charge in [-0.15, -0.1) is 0 Å². The molecule has 0 bridgehead atoms. The van der Waals surface area contributed by atoms with Crippen molar-refractivity contribution in [3.8, 4) is 11.8 Å². The van der Waals surface area contributed by atoms with E-state index in [0.29, 0.717) is 18.9 Å². The van der Waals surface area contributed by atoms with Crippen LogP contribution in [-0.2, 0) is 4.79 Å². The van der Waals surface area contributed by atoms with E-state index in [1.165, 1.54) is 0 Å². The number of anilines is 1. The number of nitrogens with two attached hydrogens (primary N) is 1. The molecule has 1 unspecified atom stereocenters. The third-order valence-corrected chi connectivity index (χ3v) is 3.01. The molecule has 0 spiro atoms. The second-order valence-corrected chi connectivity index (χ2v) is 4.82. The first-order valence-corrected chi connectivity index (χ1v) is 6.66. The van der Waals surface area contributed by atoms with E-state index >= 15 is 0 Å². The summed E-state index contributed by atoms with van der Waals surface area (Å²) in [6, 6.07) is 5.82. The molecular weight excluding hydrogens is 236 g/mol. The predicted octanol–water partition coefficient (Wildman–Crippen LogP) is 2.68. The second-order valence-electron chi connectivity index (χ2n) is 4.82. The van der Waals surface area contributed by atoms with Gasteiger partial charge in [-0.2, -0.15) is 0 Å². The molecule has 3 nitrogen and oxygen atoms in total. The van der Waals surface area contributed by atoms with Crippen molar-refractivity contribution in [2.45, 2.75) is 33.6 Å². The molecule has 0 aliphatic rings. The molecule has 0 saturated heterocycles. The van der Waals surface area contributed by atoms with E-state index in [1.54, 1.807) is 0 Å². The van der Waals surface area contributed by atoms with Gasteiger partial charge < -0.3 is 11.1 Å². The molecule has 1 atom stereocenters. The van der Waals surface area contributed by atoms with Crippen molar-refractivity contribution in [2.75, 3.05) is 11.9 Å². The maximum Gasteiger partial charge on any atom is 0.224 e. The van der Waals surface area contributed by atoms with E-state index in [4.69, 9.17) is 5.73 Å². The molecular formula is C16H22N2O. The van der Waals surface area contributed by atoms with E-state index in [-0.39, 0.29) is 5.91 Å². The van der Waals surface area contributed by atoms with Gasteiger partial charge >= 0.3 is 0 Å². The number of hydrogen-bond donors (Lipinski definition) is 2. The van der Waals surface area contributed by atoms with E-state index in [0.717, 1.165) is 23.2 Å². The van der Waals surface area contributed by atoms with Gasteiger partial charge in [0.25, 0.3) is 0 Å². The van der Waals surface area contributed by atoms with Crippen molar-refractivity contribution < 1.29 is 4.79 Å². The number of nitrogens with one attached hydrogen (secondary N) is 1. The van der Waals surface area contributed by atoms with Crippen LogP contribution in [-0.4, -0.2) is 12.5 Å². The molecule has 102 valence electrons. The summed E-state index contributed by atoms with van der Waals surface area (Å²) in [5, 5.41) is 2.93. The van der Waals surface area contributed by atoms with Crippen molar-refractivity contribution in [2.24, 2.45) is 11.7 Å². The van der Waals surface area contributed by atoms with Crippen LogP contribution in [0.4, 0.5) is 5.69 Å². The van der Waals surface area contributed by atoms with Crippen molar-refractivity contribution in [1.29, 1.82) is 0 Å². The van der Waals surface area contributed by atoms with Gasteiger partial charge in [-0.05, 0) is 30.5 Å². The smallest absolute Gasteiger partial charge is 0.224 e. The highest BCUT2D eigenvalue weighted by Gasteiger charge is 2.09. The third-order valence-electron chi connectivity index (χ3n) is 3.01. The average Bonchev–Trinajstić information content (AvgIpc) is 2.38. The van der Waals surface area contributed by atoms with Crippen LogP contribution in [0.25, 0.3) is 0 Å². The Bertz CT molecular complexity index is 497. The maximum absolute atomic E-state index is 11.9. The van der Waals surface area contributed by atoms with Crippen LogP contribution in [0, 0.1) is 24.7 Å². The SMILES string of the molecule is CCC(C)CC(=O)Nc1ccc(C)cc1C#CCN. The zero-order valence-corrected chi connectivity index (χ0v) is 11.9. The summed E-state index contributed by atoms with van der Waals surface area (Å²) < 4.78 is 0. The molecule has 0 aliphatic heterocycles. The normalized spacial score (nSPS) is 11.4. The Hall–Kier alpha value is -1.79. The Labute approximate surface area is 115 Å². The summed E-state index contributed by atoms with van der Waals surface area (Å²) >= 11 is 0. The lowest BCUT2D eigenvalue weighted by molar-refractivity contribution is -0.117. The number of amides is 1. The Morgan fingerprint density at radius 3 is 2.84 bits per heavy atom. The molecule has 1 amide bonds. The topological polar surface area (TPSA) is 55.1 Å². The van der Waals surface area contributed by atoms with Gasteiger partial charge in [-0.25, -0.2) is 0 Å². The molecule has 0 saturated carbocycles. The van der Waals surface area contributed by atoms with Gasteiger partial charge in [0.15, 0.2) is 0 Å². The number of benzene rings is 1. The first-order valence-electron chi connectivity index (χ1n) is 6.66. The van der Waals surface area contributed by atoms with Gasteiger partial charge in [0.05, 0.1) is 12.2 Å². The number of aryl methyl sites for hydroxylation is 1. The minimum absolute atomic E-state index is 0.0361. The maximum atomic E-state index is 11.9. The number of carbonyl (C=O) groups is 1. The zero-order chi connectivity index (χ0) is 14.3. The van der Waals surface area contributed by atoms with Crippen LogP contribution in [0.5, 0.6) is 0 Å². The van der Waals surface area contributed by atoms with Crippen molar-refractivity contribution in [3.05, 3.63) is 29.3 Å². The first-order chi connectivity index (χ1) is 9.06. The molecule has 0 aromatic heterocycles. The lowest BCUT2D eigenvalue weighted by Crippen LogP contribution is -2.15. The summed E-state index contributed by atoms with van der Waals surface area (Å²) in [7, 11) is 0. The Morgan fingerprint density at radius 1 is 1.47 bits per heavy atom. The highest BCUT2D eigenvalue weighted by atomic mass is 16.1. The Balaban J connectivity index is 2.85. The minimum Gasteiger partial charge on any atom is -0.325 e. The van der Waals surface area contributed by atoms with E-state index < -0.39 is 0 Å². The molecule has 1 aromatic carbocycles. The van der Waals surface area contributed by atoms with Crippen LogP contribution in [0.3, 0.4) is 0 Å². The average molecular weight is 258 g/mol. The fourth-order valence-electron chi connectivity index (χ4n) is 1.68. The van der Waals surface area contributed by atoms with Crippen LogP contribution in [0.1, 0.15) is 37.8 Å². The quantitative estimate of drug-likeness (QED) is 0.816. The summed E-state index contributed by atoms with van der Waals surface area (Å²) in [5.74, 6) is 6.25. The van der Waals surface area contributed by atoms with Crippen molar-refractivity contribution >= 4 is 11.6 Å². The highest BCUT2D eigenvalue weighted by molar-refractivity contribution is 5.92. The lowest BCUT2D eigenvalue weighted by Gasteiger charge is -2.11. The highest BCUT2D eigenvalue weighted by Crippen LogP contribution is 2.17. The summed E-state index contributed by atoms with van der Waals surface area (Å²) in [6.07, 6.45) is 1.54. The molecule has 0 radical (unpaired) electrons. The van der Waals surface area contributed by atoms with E-state index in [1.807, 2.05) is 25.1 Å². The van der Waals surface area contributed by atoms with Gasteiger partial charge in [0.1, 0.15) is 0 Å². The second kappa shape index (κ2) is 7.60. The summed E-state index contributed by atoms with van der Waals surface area (Å²) in [6.45, 7) is 6.47. The van der Waals surface area contributed by atoms with Crippen LogP contribution in [0.15, 0.2) is 18.2 Å². The summed E-state index contributed by atoms with van der Waals surface area (Å²) in [5.41, 5.74) is 8.09. The first kappa shape index (κ1) is 15.3. The number of carbonyl (C=O) groups excluding carboxylic acids is 1. The van der Waals surface area contributed by atoms with Crippen LogP contribution >= 0.6 is 0 Å². The standard InChI is InChI=1S/C16H22N2O/c1-4-12(2)11-16(19)18-15-8-7-13(3)10-14(15)6-5-9-17/h7-8,10,12H,4,9,11,17H2,1-3H3,(H,18,19). The fourth-order valence-corrected chi connectivity index (χ4v) is 1.68. The van der Waals surface area contributed by atoms with Crippen LogP contribution < -0.4 is 11.1 Å². The minimum atomic E-state index is 0.0361. The molecule has 3 heteroatoms. The Kier molecular flexibility index (Phi) is 6.11. The molecule has 3 N–H and O–H groups in total. The third kappa shape index (κ3) is 5.15. The molecule has 0 heterocycles. The molecule has 0 aliphatic carbocycles. The molecule has 1 aromatic rings. The molecule has 1 rings (SSSR count). The largest absolute Gasteiger partial charge is 0.325 e. The number of rotatable bonds is 4. The van der Waals surface area contributed by atoms with Crippen molar-refractivity contribution in [1.82, 2.24) is 0 Å².